The Morgan fingerprint density at radius 2 is 2.06 bits per heavy atom. The van der Waals surface area contributed by atoms with Crippen LogP contribution in [0.25, 0.3) is 5.52 Å². The molecule has 3 aromatic heterocycles. The number of nitrogens with one attached hydrogen (secondary N) is 1. The Morgan fingerprint density at radius 3 is 2.72 bits per heavy atom. The second-order valence-electron chi connectivity index (χ2n) is 9.48. The second-order valence-corrected chi connectivity index (χ2v) is 10.3. The number of hydrogen-bond acceptors (Lipinski definition) is 10. The second kappa shape index (κ2) is 10.1. The van der Waals surface area contributed by atoms with Gasteiger partial charge >= 0.3 is 6.09 Å². The van der Waals surface area contributed by atoms with Crippen LogP contribution in [0.3, 0.4) is 0 Å². The van der Waals surface area contributed by atoms with E-state index in [-0.39, 0.29) is 23.6 Å². The van der Waals surface area contributed by atoms with Crippen LogP contribution >= 0.6 is 15.9 Å². The molecule has 1 saturated heterocycles. The van der Waals surface area contributed by atoms with Gasteiger partial charge in [0.05, 0.1) is 10.5 Å². The zero-order valence-corrected chi connectivity index (χ0v) is 22.1. The summed E-state index contributed by atoms with van der Waals surface area (Å²) >= 11 is 3.55. The topological polar surface area (TPSA) is 157 Å². The number of carbonyl (C=O) groups excluding carboxylic acids is 1. The maximum absolute atomic E-state index is 12.4. The predicted molar refractivity (Wildman–Crippen MR) is 135 cm³/mol. The third-order valence-corrected chi connectivity index (χ3v) is 6.19. The molecule has 0 spiro atoms. The molecule has 4 heterocycles. The first-order valence-corrected chi connectivity index (χ1v) is 12.3. The van der Waals surface area contributed by atoms with Crippen LogP contribution in [0.1, 0.15) is 58.0 Å². The number of nitrogens with zero attached hydrogens (tertiary/aromatic N) is 7. The first-order chi connectivity index (χ1) is 17.1. The molecule has 1 amide bonds. The highest BCUT2D eigenvalue weighted by Crippen LogP contribution is 2.30. The standard InChI is InChI=1S/C23H28BrN9O3/c1-13(29-20-15(11-25)18(26)27-12-28-20)19-30-21(17-16(24)7-10-33(17)31-19)35-14-5-8-32(9-6-14)22(34)36-23(2,3)4/h7,10,12-14H,5-6,8-9H2,1-4H3,(H3,26,27,28,29). The largest absolute Gasteiger partial charge is 0.473 e. The van der Waals surface area contributed by atoms with Gasteiger partial charge in [-0.3, -0.25) is 0 Å². The zero-order chi connectivity index (χ0) is 26.0. The number of fused-ring (bicyclic) bond motifs is 1. The Labute approximate surface area is 216 Å². The number of anilines is 2. The fraction of sp³-hybridized carbons (Fsp3) is 0.478. The molecular weight excluding hydrogens is 530 g/mol. The maximum Gasteiger partial charge on any atom is 0.410 e. The summed E-state index contributed by atoms with van der Waals surface area (Å²) in [6, 6.07) is 3.46. The molecule has 36 heavy (non-hydrogen) atoms. The van der Waals surface area contributed by atoms with Gasteiger partial charge in [0.25, 0.3) is 0 Å². The molecule has 1 aliphatic heterocycles. The van der Waals surface area contributed by atoms with E-state index in [1.54, 1.807) is 15.6 Å². The van der Waals surface area contributed by atoms with Crippen LogP contribution in [0, 0.1) is 11.3 Å². The first-order valence-electron chi connectivity index (χ1n) is 11.5. The maximum atomic E-state index is 12.4. The van der Waals surface area contributed by atoms with Crippen molar-refractivity contribution < 1.29 is 14.3 Å². The summed E-state index contributed by atoms with van der Waals surface area (Å²) in [6.45, 7) is 8.46. The van der Waals surface area contributed by atoms with Crippen LogP contribution in [0.15, 0.2) is 23.1 Å². The number of piperidine rings is 1. The van der Waals surface area contributed by atoms with Crippen molar-refractivity contribution in [2.45, 2.75) is 58.3 Å². The lowest BCUT2D eigenvalue weighted by molar-refractivity contribution is 0.0123. The predicted octanol–water partition coefficient (Wildman–Crippen LogP) is 3.69. The molecule has 0 saturated carbocycles. The van der Waals surface area contributed by atoms with Gasteiger partial charge in [-0.2, -0.15) is 15.3 Å². The first kappa shape index (κ1) is 25.4. The Bertz CT molecular complexity index is 1310. The van der Waals surface area contributed by atoms with E-state index in [1.807, 2.05) is 39.8 Å². The highest BCUT2D eigenvalue weighted by atomic mass is 79.9. The van der Waals surface area contributed by atoms with E-state index in [4.69, 9.17) is 20.2 Å². The van der Waals surface area contributed by atoms with E-state index in [1.165, 1.54) is 6.33 Å². The van der Waals surface area contributed by atoms with Crippen molar-refractivity contribution in [3.05, 3.63) is 34.5 Å². The molecule has 3 aromatic rings. The number of nitriles is 1. The summed E-state index contributed by atoms with van der Waals surface area (Å²) in [5, 5.41) is 17.2. The van der Waals surface area contributed by atoms with Crippen molar-refractivity contribution >= 4 is 39.2 Å². The van der Waals surface area contributed by atoms with Gasteiger partial charge in [0.2, 0.25) is 5.88 Å². The van der Waals surface area contributed by atoms with Gasteiger partial charge in [0.1, 0.15) is 46.8 Å². The zero-order valence-electron chi connectivity index (χ0n) is 20.5. The van der Waals surface area contributed by atoms with Gasteiger partial charge in [-0.15, -0.1) is 0 Å². The van der Waals surface area contributed by atoms with E-state index < -0.39 is 11.6 Å². The normalized spacial score (nSPS) is 15.4. The van der Waals surface area contributed by atoms with Gasteiger partial charge in [0, 0.05) is 32.1 Å². The van der Waals surface area contributed by atoms with Crippen LogP contribution in [-0.2, 0) is 4.74 Å². The summed E-state index contributed by atoms with van der Waals surface area (Å²) in [4.78, 5) is 26.8. The van der Waals surface area contributed by atoms with Crippen LogP contribution in [0.4, 0.5) is 16.4 Å². The van der Waals surface area contributed by atoms with Gasteiger partial charge in [-0.1, -0.05) is 0 Å². The molecule has 0 aliphatic carbocycles. The average molecular weight is 558 g/mol. The number of nitrogen functional groups attached to an aromatic ring is 1. The molecular formula is C23H28BrN9O3. The molecule has 12 nitrogen and oxygen atoms in total. The molecule has 1 aliphatic rings. The molecule has 1 fully saturated rings. The molecule has 1 atom stereocenters. The number of amides is 1. The van der Waals surface area contributed by atoms with Crippen LogP contribution in [0.2, 0.25) is 0 Å². The third-order valence-electron chi connectivity index (χ3n) is 5.55. The smallest absolute Gasteiger partial charge is 0.410 e. The number of likely N-dealkylation sites (tertiary alicyclic amines) is 1. The summed E-state index contributed by atoms with van der Waals surface area (Å²) in [5.74, 6) is 1.25. The van der Waals surface area contributed by atoms with Crippen LogP contribution in [0.5, 0.6) is 5.88 Å². The lowest BCUT2D eigenvalue weighted by atomic mass is 10.1. The number of ether oxygens (including phenoxy) is 2. The monoisotopic (exact) mass is 557 g/mol. The summed E-state index contributed by atoms with van der Waals surface area (Å²) in [6.07, 6.45) is 3.93. The number of nitrogens with two attached hydrogens (primary N) is 1. The minimum Gasteiger partial charge on any atom is -0.473 e. The Hall–Kier alpha value is -3.66. The van der Waals surface area contributed by atoms with Crippen molar-refractivity contribution in [3.63, 3.8) is 0 Å². The SMILES string of the molecule is CC(Nc1ncnc(N)c1C#N)c1nc(OC2CCN(C(=O)OC(C)(C)C)CC2)c2c(Br)ccn2n1. The fourth-order valence-corrected chi connectivity index (χ4v) is 4.24. The number of halogens is 1. The van der Waals surface area contributed by atoms with Gasteiger partial charge in [0.15, 0.2) is 5.82 Å². The molecule has 0 radical (unpaired) electrons. The van der Waals surface area contributed by atoms with Crippen molar-refractivity contribution in [1.29, 1.82) is 5.26 Å². The summed E-state index contributed by atoms with van der Waals surface area (Å²) < 4.78 is 14.3. The number of carbonyl (C=O) groups is 1. The quantitative estimate of drug-likeness (QED) is 0.473. The summed E-state index contributed by atoms with van der Waals surface area (Å²) in [7, 11) is 0. The van der Waals surface area contributed by atoms with Crippen molar-refractivity contribution in [2.24, 2.45) is 0 Å². The Kier molecular flexibility index (Phi) is 7.16. The molecule has 190 valence electrons. The van der Waals surface area contributed by atoms with Crippen molar-refractivity contribution in [1.82, 2.24) is 29.5 Å². The van der Waals surface area contributed by atoms with Gasteiger partial charge in [-0.25, -0.2) is 19.3 Å². The molecule has 3 N–H and O–H groups in total. The molecule has 0 aromatic carbocycles. The lowest BCUT2D eigenvalue weighted by Gasteiger charge is -2.33. The van der Waals surface area contributed by atoms with E-state index >= 15 is 0 Å². The van der Waals surface area contributed by atoms with Gasteiger partial charge in [-0.05, 0) is 49.7 Å². The number of aromatic nitrogens is 5. The minimum atomic E-state index is -0.537. The highest BCUT2D eigenvalue weighted by molar-refractivity contribution is 9.10. The minimum absolute atomic E-state index is 0.0923. The third kappa shape index (κ3) is 5.59. The highest BCUT2D eigenvalue weighted by Gasteiger charge is 2.29. The van der Waals surface area contributed by atoms with Crippen LogP contribution < -0.4 is 15.8 Å². The van der Waals surface area contributed by atoms with E-state index in [0.29, 0.717) is 49.0 Å². The van der Waals surface area contributed by atoms with E-state index in [9.17, 15) is 10.1 Å². The Balaban J connectivity index is 1.52. The van der Waals surface area contributed by atoms with Crippen molar-refractivity contribution in [3.8, 4) is 11.9 Å². The molecule has 13 heteroatoms. The molecule has 1 unspecified atom stereocenters. The molecule has 4 rings (SSSR count). The average Bonchev–Trinajstić information content (AvgIpc) is 3.19. The Morgan fingerprint density at radius 1 is 1.33 bits per heavy atom. The van der Waals surface area contributed by atoms with Crippen LogP contribution in [-0.4, -0.2) is 60.4 Å². The van der Waals surface area contributed by atoms with Crippen molar-refractivity contribution in [2.75, 3.05) is 24.1 Å². The van der Waals surface area contributed by atoms with Gasteiger partial charge < -0.3 is 25.4 Å². The molecule has 0 bridgehead atoms. The number of rotatable bonds is 5. The summed E-state index contributed by atoms with van der Waals surface area (Å²) in [5.41, 5.74) is 6.12. The van der Waals surface area contributed by atoms with E-state index in [2.05, 4.69) is 36.3 Å². The fourth-order valence-electron chi connectivity index (χ4n) is 3.77. The van der Waals surface area contributed by atoms with E-state index in [0.717, 1.165) is 4.47 Å². The number of hydrogen-bond donors (Lipinski definition) is 2. The lowest BCUT2D eigenvalue weighted by Crippen LogP contribution is -2.44.